The minimum atomic E-state index is -1.00. The van der Waals surface area contributed by atoms with Gasteiger partial charge in [0, 0.05) is 12.1 Å². The van der Waals surface area contributed by atoms with Crippen LogP contribution in [0.2, 0.25) is 0 Å². The lowest BCUT2D eigenvalue weighted by Crippen LogP contribution is -2.26. The number of nitrogens with zero attached hydrogens (tertiary/aromatic N) is 2. The van der Waals surface area contributed by atoms with E-state index in [1.54, 1.807) is 0 Å². The highest BCUT2D eigenvalue weighted by atomic mass is 19.1. The number of nitro benzene ring substituents is 1. The van der Waals surface area contributed by atoms with Crippen molar-refractivity contribution in [3.8, 4) is 0 Å². The second kappa shape index (κ2) is 7.88. The fourth-order valence-corrected chi connectivity index (χ4v) is 2.42. The Hall–Kier alpha value is -4.09. The van der Waals surface area contributed by atoms with Gasteiger partial charge in [-0.15, -0.1) is 0 Å². The van der Waals surface area contributed by atoms with Gasteiger partial charge in [0.1, 0.15) is 18.2 Å². The van der Waals surface area contributed by atoms with E-state index in [0.29, 0.717) is 6.07 Å². The van der Waals surface area contributed by atoms with Gasteiger partial charge in [0.05, 0.1) is 22.2 Å². The first-order valence-electron chi connectivity index (χ1n) is 7.93. The molecule has 0 aliphatic rings. The number of nitro groups is 1. The molecule has 0 fully saturated rings. The molecule has 0 atom stereocenters. The number of aromatic nitrogens is 1. The molecule has 0 saturated carbocycles. The molecule has 0 aliphatic heterocycles. The van der Waals surface area contributed by atoms with Crippen LogP contribution in [0.25, 0.3) is 11.1 Å². The molecule has 0 unspecified atom stereocenters. The molecule has 12 heteroatoms. The number of nitrogens with one attached hydrogen (secondary N) is 1. The molecule has 1 amide bonds. The van der Waals surface area contributed by atoms with Crippen molar-refractivity contribution in [3.05, 3.63) is 68.7 Å². The monoisotopic (exact) mass is 407 g/mol. The number of hydrogen-bond acceptors (Lipinski definition) is 7. The van der Waals surface area contributed by atoms with Crippen LogP contribution >= 0.6 is 0 Å². The smallest absolute Gasteiger partial charge is 0.420 e. The van der Waals surface area contributed by atoms with Gasteiger partial charge in [-0.05, 0) is 18.2 Å². The van der Waals surface area contributed by atoms with Crippen molar-refractivity contribution >= 4 is 34.4 Å². The molecular weight excluding hydrogens is 396 g/mol. The van der Waals surface area contributed by atoms with Crippen molar-refractivity contribution in [2.24, 2.45) is 0 Å². The molecule has 1 aromatic heterocycles. The third-order valence-corrected chi connectivity index (χ3v) is 3.72. The summed E-state index contributed by atoms with van der Waals surface area (Å²) in [6.07, 6.45) is 0. The van der Waals surface area contributed by atoms with Gasteiger partial charge in [0.25, 0.3) is 11.6 Å². The summed E-state index contributed by atoms with van der Waals surface area (Å²) >= 11 is 0. The number of ether oxygens (including phenoxy) is 1. The third kappa shape index (κ3) is 4.43. The number of anilines is 1. The molecule has 1 heterocycles. The normalized spacial score (nSPS) is 10.7. The van der Waals surface area contributed by atoms with Crippen LogP contribution in [0.1, 0.15) is 0 Å². The van der Waals surface area contributed by atoms with E-state index in [1.807, 2.05) is 0 Å². The molecule has 3 rings (SSSR count). The van der Waals surface area contributed by atoms with Gasteiger partial charge in [-0.25, -0.2) is 13.6 Å². The van der Waals surface area contributed by atoms with Crippen LogP contribution in [0.3, 0.4) is 0 Å². The second-order valence-corrected chi connectivity index (χ2v) is 5.70. The van der Waals surface area contributed by atoms with Crippen molar-refractivity contribution in [2.75, 3.05) is 11.9 Å². The highest BCUT2D eigenvalue weighted by Crippen LogP contribution is 2.20. The lowest BCUT2D eigenvalue weighted by atomic mass is 10.3. The standard InChI is InChI=1S/C17H11F2N3O7/c18-9-1-3-12(11(19)5-9)20-15(23)8-28-16(24)7-21-13-4-2-10(22(26)27)6-14(13)29-17(21)25/h1-6H,7-8H2,(H,20,23). The van der Waals surface area contributed by atoms with Gasteiger partial charge >= 0.3 is 11.7 Å². The Labute approximate surface area is 159 Å². The Morgan fingerprint density at radius 1 is 1.21 bits per heavy atom. The second-order valence-electron chi connectivity index (χ2n) is 5.70. The zero-order valence-corrected chi connectivity index (χ0v) is 14.4. The number of halogens is 2. The van der Waals surface area contributed by atoms with Crippen molar-refractivity contribution in [1.82, 2.24) is 4.57 Å². The maximum absolute atomic E-state index is 13.5. The average molecular weight is 407 g/mol. The number of non-ortho nitro benzene ring substituents is 1. The molecule has 0 saturated heterocycles. The van der Waals surface area contributed by atoms with E-state index < -0.39 is 47.3 Å². The summed E-state index contributed by atoms with van der Waals surface area (Å²) in [5, 5.41) is 12.9. The molecular formula is C17H11F2N3O7. The molecule has 2 aromatic carbocycles. The Kier molecular flexibility index (Phi) is 5.34. The van der Waals surface area contributed by atoms with Crippen molar-refractivity contribution in [1.29, 1.82) is 0 Å². The zero-order valence-electron chi connectivity index (χ0n) is 14.4. The summed E-state index contributed by atoms with van der Waals surface area (Å²) in [6, 6.07) is 5.90. The minimum absolute atomic E-state index is 0.0958. The number of oxazole rings is 1. The Balaban J connectivity index is 1.63. The molecule has 0 aliphatic carbocycles. The van der Waals surface area contributed by atoms with E-state index in [2.05, 4.69) is 5.32 Å². The Morgan fingerprint density at radius 3 is 2.66 bits per heavy atom. The van der Waals surface area contributed by atoms with Crippen LogP contribution in [-0.2, 0) is 20.9 Å². The number of benzene rings is 2. The van der Waals surface area contributed by atoms with Gasteiger partial charge in [-0.1, -0.05) is 0 Å². The van der Waals surface area contributed by atoms with Gasteiger partial charge in [0.2, 0.25) is 0 Å². The van der Waals surface area contributed by atoms with Gasteiger partial charge in [-0.2, -0.15) is 0 Å². The van der Waals surface area contributed by atoms with Gasteiger partial charge in [-0.3, -0.25) is 24.3 Å². The molecule has 0 bridgehead atoms. The Bertz CT molecular complexity index is 1190. The van der Waals surface area contributed by atoms with E-state index in [1.165, 1.54) is 6.07 Å². The van der Waals surface area contributed by atoms with E-state index in [-0.39, 0.29) is 22.5 Å². The quantitative estimate of drug-likeness (QED) is 0.375. The van der Waals surface area contributed by atoms with Crippen LogP contribution in [0.5, 0.6) is 0 Å². The van der Waals surface area contributed by atoms with E-state index in [0.717, 1.165) is 28.8 Å². The van der Waals surface area contributed by atoms with Crippen LogP contribution in [0, 0.1) is 21.7 Å². The van der Waals surface area contributed by atoms with Crippen molar-refractivity contribution < 1.29 is 32.4 Å². The summed E-state index contributed by atoms with van der Waals surface area (Å²) in [6.45, 7) is -1.41. The van der Waals surface area contributed by atoms with Gasteiger partial charge < -0.3 is 14.5 Å². The van der Waals surface area contributed by atoms with Crippen LogP contribution in [0.15, 0.2) is 45.6 Å². The van der Waals surface area contributed by atoms with Crippen molar-refractivity contribution in [2.45, 2.75) is 6.54 Å². The first-order chi connectivity index (χ1) is 13.7. The topological polar surface area (TPSA) is 134 Å². The molecule has 10 nitrogen and oxygen atoms in total. The number of carbonyl (C=O) groups is 2. The zero-order chi connectivity index (χ0) is 21.1. The lowest BCUT2D eigenvalue weighted by Gasteiger charge is -2.07. The SMILES string of the molecule is O=C(COC(=O)Cn1c(=O)oc2cc([N+](=O)[O-])ccc21)Nc1ccc(F)cc1F. The average Bonchev–Trinajstić information content (AvgIpc) is 2.97. The maximum atomic E-state index is 13.5. The fourth-order valence-electron chi connectivity index (χ4n) is 2.42. The largest absolute Gasteiger partial charge is 0.454 e. The summed E-state index contributed by atoms with van der Waals surface area (Å²) in [7, 11) is 0. The summed E-state index contributed by atoms with van der Waals surface area (Å²) in [5.41, 5.74) is -0.575. The molecule has 150 valence electrons. The first kappa shape index (κ1) is 19.7. The maximum Gasteiger partial charge on any atom is 0.420 e. The fraction of sp³-hybridized carbons (Fsp3) is 0.118. The number of hydrogen-bond donors (Lipinski definition) is 1. The number of esters is 1. The number of amides is 1. The Morgan fingerprint density at radius 2 is 1.97 bits per heavy atom. The highest BCUT2D eigenvalue weighted by Gasteiger charge is 2.17. The molecule has 3 aromatic rings. The van der Waals surface area contributed by atoms with Crippen LogP contribution in [0.4, 0.5) is 20.2 Å². The predicted octanol–water partition coefficient (Wildman–Crippen LogP) is 1.96. The number of carbonyl (C=O) groups excluding carboxylic acids is 2. The molecule has 29 heavy (non-hydrogen) atoms. The molecule has 0 spiro atoms. The lowest BCUT2D eigenvalue weighted by molar-refractivity contribution is -0.384. The van der Waals surface area contributed by atoms with E-state index >= 15 is 0 Å². The number of rotatable bonds is 6. The highest BCUT2D eigenvalue weighted by molar-refractivity contribution is 5.93. The van der Waals surface area contributed by atoms with E-state index in [4.69, 9.17) is 9.15 Å². The third-order valence-electron chi connectivity index (χ3n) is 3.72. The summed E-state index contributed by atoms with van der Waals surface area (Å²) in [4.78, 5) is 45.6. The number of fused-ring (bicyclic) bond motifs is 1. The van der Waals surface area contributed by atoms with Crippen LogP contribution < -0.4 is 11.1 Å². The first-order valence-corrected chi connectivity index (χ1v) is 7.93. The minimum Gasteiger partial charge on any atom is -0.454 e. The summed E-state index contributed by atoms with van der Waals surface area (Å²) < 4.78 is 36.8. The summed E-state index contributed by atoms with van der Waals surface area (Å²) in [5.74, 6) is -4.65. The van der Waals surface area contributed by atoms with Crippen LogP contribution in [-0.4, -0.2) is 28.0 Å². The predicted molar refractivity (Wildman–Crippen MR) is 93.1 cm³/mol. The van der Waals surface area contributed by atoms with Gasteiger partial charge in [0.15, 0.2) is 12.2 Å². The molecule has 0 radical (unpaired) electrons. The van der Waals surface area contributed by atoms with E-state index in [9.17, 15) is 33.3 Å². The van der Waals surface area contributed by atoms with Crippen molar-refractivity contribution in [3.63, 3.8) is 0 Å². The molecule has 1 N–H and O–H groups in total.